The number of carbonyl (C=O) groups is 1. The Morgan fingerprint density at radius 2 is 1.79 bits per heavy atom. The number of nitro groups is 1. The maximum absolute atomic E-state index is 11.9. The summed E-state index contributed by atoms with van der Waals surface area (Å²) in [5.41, 5.74) is -2.36. The minimum Gasteiger partial charge on any atom is -0.456 e. The first-order chi connectivity index (χ1) is 11.2. The van der Waals surface area contributed by atoms with Crippen LogP contribution in [0.4, 0.5) is 5.69 Å². The highest BCUT2D eigenvalue weighted by molar-refractivity contribution is 7.98. The predicted molar refractivity (Wildman–Crippen MR) is 89.3 cm³/mol. The van der Waals surface area contributed by atoms with Crippen LogP contribution in [0.3, 0.4) is 0 Å². The second-order valence-electron chi connectivity index (χ2n) is 4.59. The fraction of sp³-hybridized carbons (Fsp3) is 0.0714. The minimum absolute atomic E-state index is 0.135. The standard InChI is InChI=1S/C14H13NO7PS/c1-24-11-5-3-10(4-6-11)22-13-7-2-9(15(17)18)8-12(13)14(16)23(19,20)21/h2-8,19-21H,1H3/q+1. The zero-order chi connectivity index (χ0) is 17.9. The lowest BCUT2D eigenvalue weighted by atomic mass is 10.2. The van der Waals surface area contributed by atoms with Gasteiger partial charge in [0.2, 0.25) is 0 Å². The second kappa shape index (κ2) is 7.25. The molecule has 0 fully saturated rings. The smallest absolute Gasteiger partial charge is 0.456 e. The van der Waals surface area contributed by atoms with Crippen LogP contribution in [0.5, 0.6) is 11.5 Å². The third kappa shape index (κ3) is 4.28. The Labute approximate surface area is 141 Å². The summed E-state index contributed by atoms with van der Waals surface area (Å²) in [6.07, 6.45) is 1.90. The van der Waals surface area contributed by atoms with Crippen molar-refractivity contribution in [3.05, 3.63) is 58.1 Å². The van der Waals surface area contributed by atoms with Gasteiger partial charge in [-0.05, 0) is 36.6 Å². The number of carbonyl (C=O) groups excluding carboxylic acids is 1. The number of hydrogen-bond acceptors (Lipinski definition) is 8. The summed E-state index contributed by atoms with van der Waals surface area (Å²) < 4.78 is 5.49. The number of hydrogen-bond donors (Lipinski definition) is 3. The van der Waals surface area contributed by atoms with Gasteiger partial charge in [0.05, 0.1) is 4.92 Å². The number of nitrogens with zero attached hydrogens (tertiary/aromatic N) is 1. The van der Waals surface area contributed by atoms with Gasteiger partial charge in [0.25, 0.3) is 5.69 Å². The van der Waals surface area contributed by atoms with Gasteiger partial charge < -0.3 is 4.74 Å². The van der Waals surface area contributed by atoms with Gasteiger partial charge in [-0.15, -0.1) is 11.8 Å². The van der Waals surface area contributed by atoms with Crippen molar-refractivity contribution in [3.8, 4) is 11.5 Å². The molecule has 0 saturated heterocycles. The van der Waals surface area contributed by atoms with Crippen LogP contribution in [0.25, 0.3) is 0 Å². The molecule has 0 radical (unpaired) electrons. The number of ether oxygens (including phenoxy) is 1. The third-order valence-electron chi connectivity index (χ3n) is 2.96. The molecular formula is C14H13NO7PS+. The van der Waals surface area contributed by atoms with Crippen molar-refractivity contribution in [2.45, 2.75) is 4.90 Å². The molecule has 0 heterocycles. The number of nitro benzene ring substituents is 1. The summed E-state index contributed by atoms with van der Waals surface area (Å²) in [4.78, 5) is 50.5. The average Bonchev–Trinajstić information content (AvgIpc) is 2.54. The van der Waals surface area contributed by atoms with Crippen molar-refractivity contribution in [1.29, 1.82) is 0 Å². The molecule has 0 bridgehead atoms. The van der Waals surface area contributed by atoms with E-state index in [1.165, 1.54) is 11.8 Å². The first-order valence-electron chi connectivity index (χ1n) is 6.45. The molecule has 0 aliphatic rings. The van der Waals surface area contributed by atoms with E-state index in [1.54, 1.807) is 24.3 Å². The molecule has 24 heavy (non-hydrogen) atoms. The third-order valence-corrected chi connectivity index (χ3v) is 4.49. The van der Waals surface area contributed by atoms with Crippen molar-refractivity contribution in [2.75, 3.05) is 6.26 Å². The fourth-order valence-electron chi connectivity index (χ4n) is 1.82. The molecule has 0 aliphatic heterocycles. The second-order valence-corrected chi connectivity index (χ2v) is 7.01. The summed E-state index contributed by atoms with van der Waals surface area (Å²) in [6, 6.07) is 9.88. The number of thioether (sulfide) groups is 1. The van der Waals surface area contributed by atoms with Gasteiger partial charge in [-0.3, -0.25) is 10.1 Å². The van der Waals surface area contributed by atoms with Crippen molar-refractivity contribution < 1.29 is 29.1 Å². The van der Waals surface area contributed by atoms with Gasteiger partial charge in [0.1, 0.15) is 17.1 Å². The van der Waals surface area contributed by atoms with E-state index in [1.807, 2.05) is 6.26 Å². The fourth-order valence-corrected chi connectivity index (χ4v) is 2.73. The lowest BCUT2D eigenvalue weighted by Crippen LogP contribution is -2.08. The predicted octanol–water partition coefficient (Wildman–Crippen LogP) is 2.99. The molecule has 0 aromatic heterocycles. The molecule has 8 nitrogen and oxygen atoms in total. The number of benzene rings is 2. The van der Waals surface area contributed by atoms with E-state index >= 15 is 0 Å². The summed E-state index contributed by atoms with van der Waals surface area (Å²) in [6.45, 7) is 0. The zero-order valence-electron chi connectivity index (χ0n) is 12.3. The summed E-state index contributed by atoms with van der Waals surface area (Å²) >= 11 is 1.52. The first-order valence-corrected chi connectivity index (χ1v) is 9.32. The Hall–Kier alpha value is -2.03. The normalized spacial score (nSPS) is 11.2. The van der Waals surface area contributed by atoms with Crippen molar-refractivity contribution in [2.24, 2.45) is 0 Å². The molecule has 0 spiro atoms. The van der Waals surface area contributed by atoms with Gasteiger partial charge in [-0.25, -0.2) is 4.79 Å². The van der Waals surface area contributed by atoms with Crippen molar-refractivity contribution in [3.63, 3.8) is 0 Å². The van der Waals surface area contributed by atoms with Gasteiger partial charge in [-0.1, -0.05) is 0 Å². The molecule has 0 atom stereocenters. The SMILES string of the molecule is CSc1ccc(Oc2ccc([N+](=O)[O-])cc2C(=O)[P+](O)(O)O)cc1. The highest BCUT2D eigenvalue weighted by Crippen LogP contribution is 2.50. The van der Waals surface area contributed by atoms with Crippen LogP contribution in [0.1, 0.15) is 10.4 Å². The molecular weight excluding hydrogens is 357 g/mol. The van der Waals surface area contributed by atoms with E-state index < -0.39 is 29.6 Å². The Balaban J connectivity index is 2.44. The topological polar surface area (TPSA) is 130 Å². The van der Waals surface area contributed by atoms with Crippen LogP contribution in [-0.4, -0.2) is 31.4 Å². The molecule has 0 amide bonds. The minimum atomic E-state index is -4.87. The summed E-state index contributed by atoms with van der Waals surface area (Å²) in [5.74, 6) is 0.206. The van der Waals surface area contributed by atoms with Gasteiger partial charge >= 0.3 is 13.5 Å². The van der Waals surface area contributed by atoms with Gasteiger partial charge in [-0.2, -0.15) is 14.7 Å². The molecule has 0 saturated carbocycles. The van der Waals surface area contributed by atoms with Crippen LogP contribution < -0.4 is 4.74 Å². The Morgan fingerprint density at radius 3 is 2.29 bits per heavy atom. The van der Waals surface area contributed by atoms with E-state index in [4.69, 9.17) is 4.74 Å². The lowest BCUT2D eigenvalue weighted by molar-refractivity contribution is -0.384. The summed E-state index contributed by atoms with van der Waals surface area (Å²) in [5, 5.41) is 10.8. The average molecular weight is 370 g/mol. The first kappa shape index (κ1) is 18.3. The Morgan fingerprint density at radius 1 is 1.17 bits per heavy atom. The maximum Gasteiger partial charge on any atom is 0.484 e. The van der Waals surface area contributed by atoms with E-state index in [0.29, 0.717) is 5.75 Å². The Bertz CT molecular complexity index is 774. The quantitative estimate of drug-likeness (QED) is 0.306. The largest absolute Gasteiger partial charge is 0.484 e. The molecule has 2 aromatic rings. The maximum atomic E-state index is 11.9. The zero-order valence-corrected chi connectivity index (χ0v) is 14.0. The van der Waals surface area contributed by atoms with Crippen LogP contribution in [0, 0.1) is 10.1 Å². The van der Waals surface area contributed by atoms with Gasteiger partial charge in [0.15, 0.2) is 0 Å². The molecule has 2 aromatic carbocycles. The van der Waals surface area contributed by atoms with E-state index in [9.17, 15) is 29.6 Å². The summed E-state index contributed by atoms with van der Waals surface area (Å²) in [7, 11) is -4.87. The van der Waals surface area contributed by atoms with E-state index in [0.717, 1.165) is 23.1 Å². The molecule has 0 aliphatic carbocycles. The molecule has 3 N–H and O–H groups in total. The van der Waals surface area contributed by atoms with Gasteiger partial charge in [0, 0.05) is 17.0 Å². The van der Waals surface area contributed by atoms with Crippen LogP contribution in [0.15, 0.2) is 47.4 Å². The molecule has 0 unspecified atom stereocenters. The van der Waals surface area contributed by atoms with E-state index in [2.05, 4.69) is 0 Å². The monoisotopic (exact) mass is 370 g/mol. The number of rotatable bonds is 6. The Kier molecular flexibility index (Phi) is 5.53. The van der Waals surface area contributed by atoms with Crippen LogP contribution >= 0.6 is 19.7 Å². The van der Waals surface area contributed by atoms with Crippen molar-refractivity contribution in [1.82, 2.24) is 0 Å². The highest BCUT2D eigenvalue weighted by atomic mass is 32.2. The van der Waals surface area contributed by atoms with Crippen LogP contribution in [0.2, 0.25) is 0 Å². The number of non-ortho nitro benzene ring substituents is 1. The lowest BCUT2D eigenvalue weighted by Gasteiger charge is -2.10. The van der Waals surface area contributed by atoms with Crippen molar-refractivity contribution >= 4 is 30.9 Å². The molecule has 10 heteroatoms. The highest BCUT2D eigenvalue weighted by Gasteiger charge is 2.45. The van der Waals surface area contributed by atoms with E-state index in [-0.39, 0.29) is 5.75 Å². The molecule has 2 rings (SSSR count). The molecule has 126 valence electrons. The van der Waals surface area contributed by atoms with Crippen LogP contribution in [-0.2, 0) is 0 Å².